The van der Waals surface area contributed by atoms with Gasteiger partial charge in [0.25, 0.3) is 5.91 Å². The van der Waals surface area contributed by atoms with Crippen molar-refractivity contribution in [3.63, 3.8) is 0 Å². The van der Waals surface area contributed by atoms with Crippen LogP contribution in [-0.4, -0.2) is 16.1 Å². The minimum atomic E-state index is -0.676. The number of aryl methyl sites for hydroxylation is 1. The summed E-state index contributed by atoms with van der Waals surface area (Å²) >= 11 is 6.91. The van der Waals surface area contributed by atoms with Crippen LogP contribution in [0.3, 0.4) is 0 Å². The van der Waals surface area contributed by atoms with Gasteiger partial charge >= 0.3 is 0 Å². The highest BCUT2D eigenvalue weighted by Gasteiger charge is 2.38. The fraction of sp³-hybridized carbons (Fsp3) is 0.162. The van der Waals surface area contributed by atoms with Gasteiger partial charge < -0.3 is 15.5 Å². The molecule has 0 unspecified atom stereocenters. The van der Waals surface area contributed by atoms with Gasteiger partial charge in [0, 0.05) is 5.56 Å². The van der Waals surface area contributed by atoms with Crippen LogP contribution in [0, 0.1) is 6.92 Å². The van der Waals surface area contributed by atoms with Crippen molar-refractivity contribution in [3.8, 4) is 11.5 Å². The molecule has 0 atom stereocenters. The normalized spacial score (nSPS) is 11.3. The average molecular weight is 576 g/mol. The van der Waals surface area contributed by atoms with Crippen LogP contribution >= 0.6 is 11.6 Å². The summed E-state index contributed by atoms with van der Waals surface area (Å²) in [4.78, 5) is 13.5. The van der Waals surface area contributed by atoms with Crippen molar-refractivity contribution < 1.29 is 15.0 Å². The maximum absolute atomic E-state index is 13.5. The summed E-state index contributed by atoms with van der Waals surface area (Å²) in [5.41, 5.74) is 4.82. The summed E-state index contributed by atoms with van der Waals surface area (Å²) in [6.45, 7) is 3.67. The topological polar surface area (TPSA) is 69.6 Å². The van der Waals surface area contributed by atoms with Crippen LogP contribution < -0.4 is 5.32 Å². The third-order valence-electron chi connectivity index (χ3n) is 7.91. The van der Waals surface area contributed by atoms with E-state index in [2.05, 4.69) is 41.7 Å². The number of aromatic hydroxyl groups is 2. The monoisotopic (exact) mass is 575 g/mol. The number of anilines is 1. The molecule has 0 fully saturated rings. The van der Waals surface area contributed by atoms with Gasteiger partial charge in [-0.1, -0.05) is 122 Å². The van der Waals surface area contributed by atoms with Crippen LogP contribution in [0.15, 0.2) is 115 Å². The Morgan fingerprint density at radius 1 is 0.762 bits per heavy atom. The highest BCUT2D eigenvalue weighted by Crippen LogP contribution is 2.46. The van der Waals surface area contributed by atoms with Crippen LogP contribution in [0.25, 0.3) is 0 Å². The molecule has 0 aliphatic heterocycles. The summed E-state index contributed by atoms with van der Waals surface area (Å²) < 4.78 is 0. The van der Waals surface area contributed by atoms with Gasteiger partial charge in [-0.2, -0.15) is 0 Å². The Kier molecular flexibility index (Phi) is 8.65. The summed E-state index contributed by atoms with van der Waals surface area (Å²) in [6, 6.07) is 38.1. The van der Waals surface area contributed by atoms with Crippen molar-refractivity contribution in [2.45, 2.75) is 38.5 Å². The smallest absolute Gasteiger partial charge is 0.259 e. The molecule has 0 radical (unpaired) electrons. The second-order valence-corrected chi connectivity index (χ2v) is 10.9. The van der Waals surface area contributed by atoms with Crippen LogP contribution in [0.1, 0.15) is 63.5 Å². The first-order valence-electron chi connectivity index (χ1n) is 14.2. The zero-order valence-corrected chi connectivity index (χ0v) is 24.5. The molecule has 3 N–H and O–H groups in total. The number of phenolic OH excluding ortho intramolecular Hbond substituents is 2. The first-order valence-corrected chi connectivity index (χ1v) is 14.6. The number of hydrogen-bond acceptors (Lipinski definition) is 3. The van der Waals surface area contributed by atoms with Crippen molar-refractivity contribution in [3.05, 3.63) is 159 Å². The van der Waals surface area contributed by atoms with Gasteiger partial charge in [0.1, 0.15) is 11.5 Å². The maximum atomic E-state index is 13.5. The van der Waals surface area contributed by atoms with Gasteiger partial charge in [-0.25, -0.2) is 0 Å². The maximum Gasteiger partial charge on any atom is 0.259 e. The van der Waals surface area contributed by atoms with Gasteiger partial charge in [-0.05, 0) is 65.8 Å². The molecule has 5 heteroatoms. The molecule has 5 aromatic carbocycles. The predicted molar refractivity (Wildman–Crippen MR) is 171 cm³/mol. The lowest BCUT2D eigenvalue weighted by molar-refractivity contribution is 0.102. The Morgan fingerprint density at radius 2 is 1.29 bits per heavy atom. The van der Waals surface area contributed by atoms with Crippen molar-refractivity contribution in [2.24, 2.45) is 0 Å². The standard InChI is InChI=1S/C37H34ClNO3/c1-3-4-14-26-23-33(40)25(2)34(35(26)41)36(42)39-32-22-21-30(24-31(32)38)37(27-15-8-5-9-16-27,28-17-10-6-11-18-28)29-19-12-7-13-20-29/h5-13,15-24,40-41H,3-4,14H2,1-2H3,(H,39,42). The van der Waals surface area contributed by atoms with Crippen molar-refractivity contribution >= 4 is 23.2 Å². The van der Waals surface area contributed by atoms with E-state index in [0.29, 0.717) is 28.3 Å². The van der Waals surface area contributed by atoms with E-state index < -0.39 is 11.3 Å². The molecule has 1 amide bonds. The zero-order valence-electron chi connectivity index (χ0n) is 23.8. The van der Waals surface area contributed by atoms with Crippen LogP contribution in [-0.2, 0) is 11.8 Å². The second-order valence-electron chi connectivity index (χ2n) is 10.5. The third kappa shape index (κ3) is 5.38. The summed E-state index contributed by atoms with van der Waals surface area (Å²) in [7, 11) is 0. The van der Waals surface area contributed by atoms with Gasteiger partial charge in [0.05, 0.1) is 21.7 Å². The minimum absolute atomic E-state index is 0.0242. The average Bonchev–Trinajstić information content (AvgIpc) is 3.02. The first-order chi connectivity index (χ1) is 20.4. The molecule has 0 heterocycles. The lowest BCUT2D eigenvalue weighted by Gasteiger charge is -2.37. The second kappa shape index (κ2) is 12.5. The SMILES string of the molecule is CCCCc1cc(O)c(C)c(C(=O)Nc2ccc(C(c3ccccc3)(c3ccccc3)c3ccccc3)cc2Cl)c1O. The number of unbranched alkanes of at least 4 members (excludes halogenated alkanes) is 1. The fourth-order valence-corrected chi connectivity index (χ4v) is 5.97. The van der Waals surface area contributed by atoms with Crippen LogP contribution in [0.4, 0.5) is 5.69 Å². The molecule has 0 aromatic heterocycles. The predicted octanol–water partition coefficient (Wildman–Crippen LogP) is 9.04. The van der Waals surface area contributed by atoms with Crippen LogP contribution in [0.2, 0.25) is 5.02 Å². The largest absolute Gasteiger partial charge is 0.508 e. The molecule has 0 aliphatic rings. The van der Waals surface area contributed by atoms with E-state index in [1.165, 1.54) is 6.07 Å². The molecular formula is C37H34ClNO3. The zero-order chi connectivity index (χ0) is 29.7. The number of rotatable bonds is 9. The first kappa shape index (κ1) is 29.0. The number of carbonyl (C=O) groups is 1. The quantitative estimate of drug-likeness (QED) is 0.121. The Hall–Kier alpha value is -4.54. The van der Waals surface area contributed by atoms with Crippen molar-refractivity contribution in [2.75, 3.05) is 5.32 Å². The molecule has 5 aromatic rings. The molecular weight excluding hydrogens is 542 g/mol. The van der Waals surface area contributed by atoms with E-state index >= 15 is 0 Å². The molecule has 42 heavy (non-hydrogen) atoms. The van der Waals surface area contributed by atoms with Crippen molar-refractivity contribution in [1.82, 2.24) is 0 Å². The number of amides is 1. The van der Waals surface area contributed by atoms with E-state index in [0.717, 1.165) is 35.1 Å². The molecule has 0 saturated heterocycles. The Labute approximate surface area is 252 Å². The van der Waals surface area contributed by atoms with Gasteiger partial charge in [0.2, 0.25) is 0 Å². The summed E-state index contributed by atoms with van der Waals surface area (Å²) in [5.74, 6) is -0.669. The van der Waals surface area contributed by atoms with E-state index in [1.54, 1.807) is 13.0 Å². The number of phenols is 2. The summed E-state index contributed by atoms with van der Waals surface area (Å²) in [6.07, 6.45) is 2.32. The van der Waals surface area contributed by atoms with Gasteiger partial charge in [0.15, 0.2) is 0 Å². The summed E-state index contributed by atoms with van der Waals surface area (Å²) in [5, 5.41) is 24.7. The van der Waals surface area contributed by atoms with E-state index in [-0.39, 0.29) is 17.1 Å². The molecule has 212 valence electrons. The van der Waals surface area contributed by atoms with Gasteiger partial charge in [-0.15, -0.1) is 0 Å². The highest BCUT2D eigenvalue weighted by atomic mass is 35.5. The van der Waals surface area contributed by atoms with E-state index in [1.807, 2.05) is 73.7 Å². The third-order valence-corrected chi connectivity index (χ3v) is 8.22. The Balaban J connectivity index is 1.61. The lowest BCUT2D eigenvalue weighted by atomic mass is 9.65. The fourth-order valence-electron chi connectivity index (χ4n) is 5.74. The van der Waals surface area contributed by atoms with E-state index in [4.69, 9.17) is 11.6 Å². The molecule has 0 spiro atoms. The van der Waals surface area contributed by atoms with E-state index in [9.17, 15) is 15.0 Å². The molecule has 0 saturated carbocycles. The number of nitrogens with one attached hydrogen (secondary N) is 1. The van der Waals surface area contributed by atoms with Crippen LogP contribution in [0.5, 0.6) is 11.5 Å². The Bertz CT molecular complexity index is 1590. The number of halogens is 1. The number of benzene rings is 5. The van der Waals surface area contributed by atoms with Crippen molar-refractivity contribution in [1.29, 1.82) is 0 Å². The lowest BCUT2D eigenvalue weighted by Crippen LogP contribution is -2.31. The minimum Gasteiger partial charge on any atom is -0.508 e. The molecule has 5 rings (SSSR count). The van der Waals surface area contributed by atoms with Gasteiger partial charge in [-0.3, -0.25) is 4.79 Å². The number of carbonyl (C=O) groups excluding carboxylic acids is 1. The molecule has 0 bridgehead atoms. The molecule has 4 nitrogen and oxygen atoms in total. The highest BCUT2D eigenvalue weighted by molar-refractivity contribution is 6.34. The number of hydrogen-bond donors (Lipinski definition) is 3. The molecule has 0 aliphatic carbocycles. The Morgan fingerprint density at radius 3 is 1.76 bits per heavy atom.